The van der Waals surface area contributed by atoms with E-state index in [0.717, 1.165) is 16.9 Å². The monoisotopic (exact) mass is 504 g/mol. The van der Waals surface area contributed by atoms with Crippen molar-refractivity contribution in [3.05, 3.63) is 98.8 Å². The van der Waals surface area contributed by atoms with Crippen LogP contribution in [0.25, 0.3) is 10.9 Å². The summed E-state index contributed by atoms with van der Waals surface area (Å²) in [6.07, 6.45) is 0. The van der Waals surface area contributed by atoms with E-state index in [1.54, 1.807) is 35.9 Å². The molecule has 7 nitrogen and oxygen atoms in total. The molecule has 0 aliphatic carbocycles. The molecule has 1 aromatic heterocycles. The fourth-order valence-electron chi connectivity index (χ4n) is 5.05. The van der Waals surface area contributed by atoms with Crippen LogP contribution in [0.2, 0.25) is 5.02 Å². The van der Waals surface area contributed by atoms with Gasteiger partial charge in [0.05, 0.1) is 36.3 Å². The molecule has 0 amide bonds. The van der Waals surface area contributed by atoms with Gasteiger partial charge < -0.3 is 25.5 Å². The van der Waals surface area contributed by atoms with Crippen molar-refractivity contribution >= 4 is 28.2 Å². The Hall–Kier alpha value is -3.52. The molecule has 5 N–H and O–H groups in total. The van der Waals surface area contributed by atoms with Gasteiger partial charge in [0, 0.05) is 29.2 Å². The fraction of sp³-hybridized carbons (Fsp3) is 0.250. The van der Waals surface area contributed by atoms with Crippen molar-refractivity contribution in [1.82, 2.24) is 15.2 Å². The number of piperazine rings is 1. The standard InChI is InChI=1S/C28H29ClN4O3/c1-28(18-6-9-21(36-2)10-7-18)16-31-14-23(32-28)25-26(34)22-11-8-19(29)13-24(22)33(27(25)35)15-17-4-3-5-20(30)12-17/h3-13,23,31-32,34H,14-16,30H2,1-2H3. The summed E-state index contributed by atoms with van der Waals surface area (Å²) in [5.41, 5.74) is 8.68. The summed E-state index contributed by atoms with van der Waals surface area (Å²) in [5.74, 6) is 0.742. The molecule has 1 aliphatic heterocycles. The van der Waals surface area contributed by atoms with E-state index in [4.69, 9.17) is 22.1 Å². The van der Waals surface area contributed by atoms with Gasteiger partial charge >= 0.3 is 0 Å². The van der Waals surface area contributed by atoms with Gasteiger partial charge in [-0.2, -0.15) is 0 Å². The van der Waals surface area contributed by atoms with E-state index >= 15 is 0 Å². The number of methoxy groups -OCH3 is 1. The summed E-state index contributed by atoms with van der Waals surface area (Å²) in [6.45, 7) is 3.53. The van der Waals surface area contributed by atoms with Crippen molar-refractivity contribution < 1.29 is 9.84 Å². The normalized spacial score (nSPS) is 19.9. The van der Waals surface area contributed by atoms with E-state index in [1.165, 1.54) is 0 Å². The highest BCUT2D eigenvalue weighted by molar-refractivity contribution is 6.31. The van der Waals surface area contributed by atoms with Crippen molar-refractivity contribution in [2.45, 2.75) is 25.0 Å². The topological polar surface area (TPSA) is 102 Å². The third-order valence-corrected chi connectivity index (χ3v) is 7.16. The SMILES string of the molecule is COc1ccc(C2(C)CNCC(c3c(O)c4ccc(Cl)cc4n(Cc4cccc(N)c4)c3=O)N2)cc1. The van der Waals surface area contributed by atoms with Crippen LogP contribution in [0.15, 0.2) is 71.5 Å². The molecule has 2 atom stereocenters. The number of halogens is 1. The van der Waals surface area contributed by atoms with E-state index in [1.807, 2.05) is 42.5 Å². The van der Waals surface area contributed by atoms with E-state index in [0.29, 0.717) is 46.8 Å². The molecule has 0 radical (unpaired) electrons. The lowest BCUT2D eigenvalue weighted by Gasteiger charge is -2.41. The summed E-state index contributed by atoms with van der Waals surface area (Å²) < 4.78 is 6.96. The summed E-state index contributed by atoms with van der Waals surface area (Å²) in [5, 5.41) is 19.5. The first kappa shape index (κ1) is 24.2. The van der Waals surface area contributed by atoms with Gasteiger partial charge in [0.1, 0.15) is 11.5 Å². The van der Waals surface area contributed by atoms with Gasteiger partial charge in [0.2, 0.25) is 0 Å². The first-order chi connectivity index (χ1) is 17.3. The minimum atomic E-state index is -0.471. The second kappa shape index (κ2) is 9.50. The Bertz CT molecular complexity index is 1490. The molecule has 3 aromatic carbocycles. The smallest absolute Gasteiger partial charge is 0.259 e. The lowest BCUT2D eigenvalue weighted by atomic mass is 9.87. The van der Waals surface area contributed by atoms with Crippen molar-refractivity contribution in [1.29, 1.82) is 0 Å². The largest absolute Gasteiger partial charge is 0.507 e. The zero-order chi connectivity index (χ0) is 25.4. The van der Waals surface area contributed by atoms with E-state index in [2.05, 4.69) is 17.6 Å². The van der Waals surface area contributed by atoms with Crippen LogP contribution in [-0.4, -0.2) is 29.9 Å². The van der Waals surface area contributed by atoms with Gasteiger partial charge in [0.25, 0.3) is 5.56 Å². The number of rotatable bonds is 5. The minimum absolute atomic E-state index is 0.0335. The Morgan fingerprint density at radius 3 is 2.67 bits per heavy atom. The lowest BCUT2D eigenvalue weighted by Crippen LogP contribution is -2.57. The third-order valence-electron chi connectivity index (χ3n) is 6.92. The van der Waals surface area contributed by atoms with Crippen LogP contribution in [0.3, 0.4) is 0 Å². The maximum absolute atomic E-state index is 14.0. The molecule has 5 rings (SSSR count). The molecule has 1 saturated heterocycles. The number of benzene rings is 3. The molecule has 4 aromatic rings. The van der Waals surface area contributed by atoms with Gasteiger partial charge in [-0.05, 0) is 60.5 Å². The van der Waals surface area contributed by atoms with Gasteiger partial charge in [-0.15, -0.1) is 0 Å². The third kappa shape index (κ3) is 4.41. The fourth-order valence-corrected chi connectivity index (χ4v) is 5.21. The summed E-state index contributed by atoms with van der Waals surface area (Å²) in [4.78, 5) is 14.0. The van der Waals surface area contributed by atoms with Crippen molar-refractivity contribution in [3.8, 4) is 11.5 Å². The highest BCUT2D eigenvalue weighted by Crippen LogP contribution is 2.35. The summed E-state index contributed by atoms with van der Waals surface area (Å²) >= 11 is 6.29. The Kier molecular flexibility index (Phi) is 6.38. The van der Waals surface area contributed by atoms with Crippen LogP contribution in [0.4, 0.5) is 5.69 Å². The zero-order valence-corrected chi connectivity index (χ0v) is 21.0. The molecule has 1 aliphatic rings. The first-order valence-electron chi connectivity index (χ1n) is 11.8. The highest BCUT2D eigenvalue weighted by atomic mass is 35.5. The van der Waals surface area contributed by atoms with Crippen molar-refractivity contribution in [2.24, 2.45) is 0 Å². The average molecular weight is 505 g/mol. The van der Waals surface area contributed by atoms with Gasteiger partial charge in [-0.25, -0.2) is 0 Å². The van der Waals surface area contributed by atoms with Gasteiger partial charge in [-0.3, -0.25) is 10.1 Å². The molecule has 36 heavy (non-hydrogen) atoms. The number of nitrogens with zero attached hydrogens (tertiary/aromatic N) is 1. The van der Waals surface area contributed by atoms with E-state index in [-0.39, 0.29) is 11.3 Å². The number of hydrogen-bond acceptors (Lipinski definition) is 6. The number of aromatic nitrogens is 1. The highest BCUT2D eigenvalue weighted by Gasteiger charge is 2.36. The molecule has 0 bridgehead atoms. The number of hydrogen-bond donors (Lipinski definition) is 4. The summed E-state index contributed by atoms with van der Waals surface area (Å²) in [7, 11) is 1.64. The zero-order valence-electron chi connectivity index (χ0n) is 20.2. The number of nitrogens with one attached hydrogen (secondary N) is 2. The molecule has 8 heteroatoms. The number of nitrogens with two attached hydrogens (primary N) is 1. The predicted molar refractivity (Wildman–Crippen MR) is 144 cm³/mol. The molecule has 0 saturated carbocycles. The predicted octanol–water partition coefficient (Wildman–Crippen LogP) is 4.15. The van der Waals surface area contributed by atoms with Crippen LogP contribution in [0.5, 0.6) is 11.5 Å². The quantitative estimate of drug-likeness (QED) is 0.305. The second-order valence-corrected chi connectivity index (χ2v) is 9.88. The Balaban J connectivity index is 1.62. The summed E-state index contributed by atoms with van der Waals surface area (Å²) in [6, 6.07) is 20.0. The number of pyridine rings is 1. The molecule has 2 unspecified atom stereocenters. The molecule has 186 valence electrons. The van der Waals surface area contributed by atoms with Crippen LogP contribution < -0.4 is 26.7 Å². The van der Waals surface area contributed by atoms with Crippen LogP contribution >= 0.6 is 11.6 Å². The average Bonchev–Trinajstić information content (AvgIpc) is 2.87. The van der Waals surface area contributed by atoms with Crippen molar-refractivity contribution in [2.75, 3.05) is 25.9 Å². The number of nitrogen functional groups attached to an aromatic ring is 1. The Morgan fingerprint density at radius 2 is 1.94 bits per heavy atom. The number of fused-ring (bicyclic) bond motifs is 1. The first-order valence-corrected chi connectivity index (χ1v) is 12.2. The van der Waals surface area contributed by atoms with Gasteiger partial charge in [-0.1, -0.05) is 35.9 Å². The Morgan fingerprint density at radius 1 is 1.17 bits per heavy atom. The Labute approximate surface area is 214 Å². The number of aromatic hydroxyl groups is 1. The molecule has 2 heterocycles. The molecule has 0 spiro atoms. The second-order valence-electron chi connectivity index (χ2n) is 9.45. The molecular formula is C28H29ClN4O3. The maximum Gasteiger partial charge on any atom is 0.259 e. The van der Waals surface area contributed by atoms with Gasteiger partial charge in [0.15, 0.2) is 0 Å². The van der Waals surface area contributed by atoms with Crippen molar-refractivity contribution in [3.63, 3.8) is 0 Å². The van der Waals surface area contributed by atoms with Crippen LogP contribution in [0, 0.1) is 0 Å². The number of anilines is 1. The minimum Gasteiger partial charge on any atom is -0.507 e. The lowest BCUT2D eigenvalue weighted by molar-refractivity contribution is 0.242. The molecule has 1 fully saturated rings. The van der Waals surface area contributed by atoms with Crippen LogP contribution in [0.1, 0.15) is 29.7 Å². The maximum atomic E-state index is 14.0. The van der Waals surface area contributed by atoms with Crippen LogP contribution in [-0.2, 0) is 12.1 Å². The van der Waals surface area contributed by atoms with E-state index in [9.17, 15) is 9.90 Å². The molecular weight excluding hydrogens is 476 g/mol. The van der Waals surface area contributed by atoms with E-state index < -0.39 is 11.6 Å². The number of ether oxygens (including phenoxy) is 1.